The van der Waals surface area contributed by atoms with Crippen LogP contribution in [0.25, 0.3) is 17.1 Å². The molecule has 0 aliphatic carbocycles. The Labute approximate surface area is 227 Å². The minimum atomic E-state index is -4.68. The number of imidazole rings is 1. The normalized spacial score (nSPS) is 18.9. The Morgan fingerprint density at radius 2 is 1.93 bits per heavy atom. The van der Waals surface area contributed by atoms with Gasteiger partial charge in [0.25, 0.3) is 0 Å². The number of alkyl halides is 3. The average Bonchev–Trinajstić information content (AvgIpc) is 3.54. The monoisotopic (exact) mass is 554 g/mol. The molecule has 4 aromatic rings. The highest BCUT2D eigenvalue weighted by Gasteiger charge is 2.52. The molecule has 0 saturated carbocycles. The van der Waals surface area contributed by atoms with Gasteiger partial charge in [-0.2, -0.15) is 13.2 Å². The van der Waals surface area contributed by atoms with E-state index in [1.165, 1.54) is 18.2 Å². The number of anilines is 1. The first-order chi connectivity index (χ1) is 19.1. The molecule has 1 amide bonds. The van der Waals surface area contributed by atoms with Crippen molar-refractivity contribution in [2.75, 3.05) is 18.6 Å². The summed E-state index contributed by atoms with van der Waals surface area (Å²) in [6, 6.07) is 9.41. The molecule has 0 fully saturated rings. The highest BCUT2D eigenvalue weighted by Crippen LogP contribution is 2.45. The Balaban J connectivity index is 1.44. The number of fused-ring (bicyclic) bond motifs is 3. The molecule has 1 atom stereocenters. The standard InChI is InChI=1S/C28H26F4N6O2/c1-17-14-36(16-33-17)22-8-7-18(13-23(22)40-2)24-34-35-25-27(10-4-12-37(24)25)11-9-19-20(29)5-3-6-21(19)38(26(27)39)15-28(30,31)32/h3,5-8,13-14,16H,4,9-12,15H2,1-2H3. The van der Waals surface area contributed by atoms with E-state index in [9.17, 15) is 22.4 Å². The Hall–Kier alpha value is -4.22. The third-order valence-corrected chi connectivity index (χ3v) is 7.77. The lowest BCUT2D eigenvalue weighted by Gasteiger charge is -2.38. The van der Waals surface area contributed by atoms with Gasteiger partial charge >= 0.3 is 6.18 Å². The number of aromatic nitrogens is 5. The summed E-state index contributed by atoms with van der Waals surface area (Å²) in [5, 5.41) is 8.79. The second kappa shape index (κ2) is 9.46. The van der Waals surface area contributed by atoms with Gasteiger partial charge in [-0.1, -0.05) is 6.07 Å². The molecule has 40 heavy (non-hydrogen) atoms. The van der Waals surface area contributed by atoms with Crippen molar-refractivity contribution in [1.82, 2.24) is 24.3 Å². The van der Waals surface area contributed by atoms with Gasteiger partial charge in [0.2, 0.25) is 5.91 Å². The van der Waals surface area contributed by atoms with Crippen molar-refractivity contribution < 1.29 is 27.1 Å². The van der Waals surface area contributed by atoms with E-state index in [4.69, 9.17) is 4.74 Å². The Morgan fingerprint density at radius 1 is 1.10 bits per heavy atom. The summed E-state index contributed by atoms with van der Waals surface area (Å²) in [5.74, 6) is -0.0351. The quantitative estimate of drug-likeness (QED) is 0.326. The Kier molecular flexibility index (Phi) is 6.15. The lowest BCUT2D eigenvalue weighted by molar-refractivity contribution is -0.136. The second-order valence-electron chi connectivity index (χ2n) is 10.2. The molecule has 8 nitrogen and oxygen atoms in total. The van der Waals surface area contributed by atoms with E-state index in [0.29, 0.717) is 40.8 Å². The Morgan fingerprint density at radius 3 is 2.65 bits per heavy atom. The van der Waals surface area contributed by atoms with Crippen LogP contribution in [-0.2, 0) is 23.2 Å². The number of nitrogens with zero attached hydrogens (tertiary/aromatic N) is 6. The van der Waals surface area contributed by atoms with Crippen molar-refractivity contribution in [3.8, 4) is 22.8 Å². The molecule has 0 radical (unpaired) electrons. The molecule has 0 bridgehead atoms. The molecule has 2 aromatic heterocycles. The fourth-order valence-electron chi connectivity index (χ4n) is 5.95. The summed E-state index contributed by atoms with van der Waals surface area (Å²) in [5.41, 5.74) is 0.963. The van der Waals surface area contributed by atoms with Gasteiger partial charge in [0.15, 0.2) is 5.82 Å². The van der Waals surface area contributed by atoms with Crippen LogP contribution in [0, 0.1) is 12.7 Å². The fourth-order valence-corrected chi connectivity index (χ4v) is 5.95. The molecule has 1 unspecified atom stereocenters. The first-order valence-corrected chi connectivity index (χ1v) is 12.9. The molecule has 2 aliphatic heterocycles. The van der Waals surface area contributed by atoms with Crippen molar-refractivity contribution in [2.24, 2.45) is 0 Å². The minimum Gasteiger partial charge on any atom is -0.495 e. The number of carbonyl (C=O) groups is 1. The fraction of sp³-hybridized carbons (Fsp3) is 0.357. The molecule has 208 valence electrons. The molecule has 6 rings (SSSR count). The molecular weight excluding hydrogens is 528 g/mol. The van der Waals surface area contributed by atoms with Gasteiger partial charge in [0, 0.05) is 23.9 Å². The molecule has 4 heterocycles. The number of ether oxygens (including phenoxy) is 1. The number of halogens is 4. The molecule has 1 spiro atoms. The zero-order valence-electron chi connectivity index (χ0n) is 21.9. The number of benzene rings is 2. The first-order valence-electron chi connectivity index (χ1n) is 12.9. The summed E-state index contributed by atoms with van der Waals surface area (Å²) in [6.45, 7) is 0.850. The predicted octanol–water partition coefficient (Wildman–Crippen LogP) is 5.16. The van der Waals surface area contributed by atoms with Crippen molar-refractivity contribution in [3.05, 3.63) is 71.8 Å². The Bertz CT molecular complexity index is 1610. The van der Waals surface area contributed by atoms with Crippen molar-refractivity contribution in [3.63, 3.8) is 0 Å². The molecule has 12 heteroatoms. The third-order valence-electron chi connectivity index (χ3n) is 7.77. The van der Waals surface area contributed by atoms with Gasteiger partial charge in [-0.3, -0.25) is 4.79 Å². The molecule has 2 aliphatic rings. The van der Waals surface area contributed by atoms with Gasteiger partial charge in [-0.05, 0) is 62.9 Å². The van der Waals surface area contributed by atoms with Crippen LogP contribution in [0.15, 0.2) is 48.9 Å². The molecule has 0 N–H and O–H groups in total. The van der Waals surface area contributed by atoms with Crippen LogP contribution in [0.4, 0.5) is 23.2 Å². The minimum absolute atomic E-state index is 0.0499. The number of aryl methyl sites for hydroxylation is 1. The van der Waals surface area contributed by atoms with Crippen LogP contribution in [-0.4, -0.2) is 50.1 Å². The molecule has 0 saturated heterocycles. The largest absolute Gasteiger partial charge is 0.495 e. The van der Waals surface area contributed by atoms with Crippen molar-refractivity contribution in [2.45, 2.75) is 50.7 Å². The maximum Gasteiger partial charge on any atom is 0.406 e. The lowest BCUT2D eigenvalue weighted by Crippen LogP contribution is -2.52. The number of amides is 1. The summed E-state index contributed by atoms with van der Waals surface area (Å²) in [6.07, 6.45) is -0.107. The van der Waals surface area contributed by atoms with Gasteiger partial charge in [0.1, 0.15) is 29.4 Å². The maximum absolute atomic E-state index is 14.8. The number of rotatable bonds is 4. The van der Waals surface area contributed by atoms with Crippen LogP contribution >= 0.6 is 0 Å². The highest BCUT2D eigenvalue weighted by atomic mass is 19.4. The van der Waals surface area contributed by atoms with Crippen LogP contribution in [0.1, 0.15) is 36.3 Å². The van der Waals surface area contributed by atoms with Crippen LogP contribution in [0.5, 0.6) is 5.75 Å². The van der Waals surface area contributed by atoms with E-state index in [0.717, 1.165) is 11.4 Å². The first kappa shape index (κ1) is 26.0. The molecule has 2 aromatic carbocycles. The van der Waals surface area contributed by atoms with Gasteiger partial charge in [-0.15, -0.1) is 10.2 Å². The smallest absolute Gasteiger partial charge is 0.406 e. The molecular formula is C28H26F4N6O2. The summed E-state index contributed by atoms with van der Waals surface area (Å²) < 4.78 is 65.2. The van der Waals surface area contributed by atoms with Gasteiger partial charge in [0.05, 0.1) is 30.5 Å². The SMILES string of the molecule is COc1cc(-c2nnc3n2CCCC32CCc3c(F)cccc3N(CC(F)(F)F)C2=O)ccc1-n1cnc(C)c1. The zero-order valence-corrected chi connectivity index (χ0v) is 21.9. The van der Waals surface area contributed by atoms with E-state index in [1.54, 1.807) is 24.1 Å². The summed E-state index contributed by atoms with van der Waals surface area (Å²) >= 11 is 0. The maximum atomic E-state index is 14.8. The number of hydrogen-bond acceptors (Lipinski definition) is 5. The summed E-state index contributed by atoms with van der Waals surface area (Å²) in [4.78, 5) is 19.0. The third kappa shape index (κ3) is 4.22. The average molecular weight is 555 g/mol. The van der Waals surface area contributed by atoms with Crippen LogP contribution in [0.2, 0.25) is 0 Å². The lowest BCUT2D eigenvalue weighted by atomic mass is 9.75. The number of methoxy groups -OCH3 is 1. The van der Waals surface area contributed by atoms with E-state index in [-0.39, 0.29) is 30.5 Å². The highest BCUT2D eigenvalue weighted by molar-refractivity contribution is 6.02. The summed E-state index contributed by atoms with van der Waals surface area (Å²) in [7, 11) is 1.55. The van der Waals surface area contributed by atoms with Gasteiger partial charge < -0.3 is 18.8 Å². The van der Waals surface area contributed by atoms with E-state index in [2.05, 4.69) is 15.2 Å². The van der Waals surface area contributed by atoms with Crippen molar-refractivity contribution >= 4 is 11.6 Å². The predicted molar refractivity (Wildman–Crippen MR) is 138 cm³/mol. The number of carbonyl (C=O) groups excluding carboxylic acids is 1. The van der Waals surface area contributed by atoms with E-state index < -0.39 is 29.9 Å². The van der Waals surface area contributed by atoms with E-state index >= 15 is 0 Å². The second-order valence-corrected chi connectivity index (χ2v) is 10.2. The van der Waals surface area contributed by atoms with Gasteiger partial charge in [-0.25, -0.2) is 9.37 Å². The topological polar surface area (TPSA) is 78.1 Å². The zero-order chi connectivity index (χ0) is 28.2. The number of hydrogen-bond donors (Lipinski definition) is 0. The van der Waals surface area contributed by atoms with E-state index in [1.807, 2.05) is 29.8 Å². The van der Waals surface area contributed by atoms with Crippen LogP contribution in [0.3, 0.4) is 0 Å². The van der Waals surface area contributed by atoms with Crippen LogP contribution < -0.4 is 9.64 Å². The van der Waals surface area contributed by atoms with Crippen molar-refractivity contribution in [1.29, 1.82) is 0 Å².